The maximum Gasteiger partial charge on any atom is 0.123 e. The van der Waals surface area contributed by atoms with Crippen LogP contribution in [0.1, 0.15) is 24.3 Å². The summed E-state index contributed by atoms with van der Waals surface area (Å²) in [7, 11) is 0. The molecule has 14 heavy (non-hydrogen) atoms. The summed E-state index contributed by atoms with van der Waals surface area (Å²) < 4.78 is 12.6. The minimum Gasteiger partial charge on any atom is -0.396 e. The van der Waals surface area contributed by atoms with Gasteiger partial charge in [0, 0.05) is 13.0 Å². The van der Waals surface area contributed by atoms with Gasteiger partial charge in [-0.05, 0) is 30.0 Å². The zero-order valence-electron chi connectivity index (χ0n) is 7.82. The topological polar surface area (TPSA) is 37.3 Å². The number of hydrogen-bond acceptors (Lipinski definition) is 2. The van der Waals surface area contributed by atoms with Crippen molar-refractivity contribution >= 4 is 6.29 Å². The first-order chi connectivity index (χ1) is 6.77. The molecule has 0 aliphatic carbocycles. The van der Waals surface area contributed by atoms with E-state index in [1.54, 1.807) is 12.1 Å². The monoisotopic (exact) mass is 196 g/mol. The van der Waals surface area contributed by atoms with Gasteiger partial charge < -0.3 is 9.90 Å². The summed E-state index contributed by atoms with van der Waals surface area (Å²) in [5.74, 6) is -0.291. The molecule has 0 radical (unpaired) electrons. The van der Waals surface area contributed by atoms with E-state index in [1.165, 1.54) is 12.1 Å². The van der Waals surface area contributed by atoms with Crippen molar-refractivity contribution in [2.24, 2.45) is 0 Å². The van der Waals surface area contributed by atoms with Gasteiger partial charge in [-0.2, -0.15) is 0 Å². The fourth-order valence-electron chi connectivity index (χ4n) is 1.43. The molecule has 0 aliphatic heterocycles. The molecule has 0 aliphatic rings. The summed E-state index contributed by atoms with van der Waals surface area (Å²) in [6, 6.07) is 6.04. The number of carbonyl (C=O) groups is 1. The molecule has 76 valence electrons. The van der Waals surface area contributed by atoms with Crippen molar-refractivity contribution in [3.8, 4) is 0 Å². The summed E-state index contributed by atoms with van der Waals surface area (Å²) in [5, 5.41) is 8.79. The molecule has 0 unspecified atom stereocenters. The lowest BCUT2D eigenvalue weighted by molar-refractivity contribution is -0.108. The molecule has 3 heteroatoms. The average Bonchev–Trinajstić information content (AvgIpc) is 2.19. The molecule has 1 atom stereocenters. The molecule has 1 N–H and O–H groups in total. The van der Waals surface area contributed by atoms with Gasteiger partial charge in [0.25, 0.3) is 0 Å². The SMILES string of the molecule is O=CC[C@H](CCO)c1ccc(F)cc1. The molecule has 0 amide bonds. The average molecular weight is 196 g/mol. The van der Waals surface area contributed by atoms with Crippen molar-refractivity contribution in [2.75, 3.05) is 6.61 Å². The quantitative estimate of drug-likeness (QED) is 0.730. The number of aliphatic hydroxyl groups is 1. The molecule has 0 heterocycles. The molecule has 0 saturated heterocycles. The van der Waals surface area contributed by atoms with Crippen molar-refractivity contribution in [1.29, 1.82) is 0 Å². The van der Waals surface area contributed by atoms with Crippen LogP contribution < -0.4 is 0 Å². The van der Waals surface area contributed by atoms with Gasteiger partial charge in [0.05, 0.1) is 0 Å². The molecule has 1 aromatic rings. The van der Waals surface area contributed by atoms with E-state index in [9.17, 15) is 9.18 Å². The third-order valence-electron chi connectivity index (χ3n) is 2.20. The van der Waals surface area contributed by atoms with E-state index in [1.807, 2.05) is 0 Å². The number of benzene rings is 1. The molecule has 0 aromatic heterocycles. The van der Waals surface area contributed by atoms with E-state index in [4.69, 9.17) is 5.11 Å². The fraction of sp³-hybridized carbons (Fsp3) is 0.364. The number of halogens is 1. The smallest absolute Gasteiger partial charge is 0.123 e. The molecule has 0 bridgehead atoms. The minimum atomic E-state index is -0.289. The van der Waals surface area contributed by atoms with Crippen LogP contribution in [0.15, 0.2) is 24.3 Å². The zero-order valence-corrected chi connectivity index (χ0v) is 7.82. The third-order valence-corrected chi connectivity index (χ3v) is 2.20. The van der Waals surface area contributed by atoms with Gasteiger partial charge in [0.2, 0.25) is 0 Å². The Labute approximate surface area is 82.4 Å². The van der Waals surface area contributed by atoms with E-state index in [2.05, 4.69) is 0 Å². The van der Waals surface area contributed by atoms with Gasteiger partial charge in [-0.3, -0.25) is 0 Å². The van der Waals surface area contributed by atoms with Gasteiger partial charge >= 0.3 is 0 Å². The van der Waals surface area contributed by atoms with E-state index in [0.717, 1.165) is 11.8 Å². The van der Waals surface area contributed by atoms with E-state index >= 15 is 0 Å². The highest BCUT2D eigenvalue weighted by atomic mass is 19.1. The highest BCUT2D eigenvalue weighted by molar-refractivity contribution is 5.51. The first kappa shape index (κ1) is 10.9. The van der Waals surface area contributed by atoms with Gasteiger partial charge in [0.1, 0.15) is 12.1 Å². The van der Waals surface area contributed by atoms with Crippen molar-refractivity contribution in [2.45, 2.75) is 18.8 Å². The molecule has 0 saturated carbocycles. The number of carbonyl (C=O) groups excluding carboxylic acids is 1. The maximum absolute atomic E-state index is 12.6. The van der Waals surface area contributed by atoms with Crippen LogP contribution in [0.4, 0.5) is 4.39 Å². The molecular weight excluding hydrogens is 183 g/mol. The van der Waals surface area contributed by atoms with Crippen LogP contribution in [0, 0.1) is 5.82 Å². The standard InChI is InChI=1S/C11H13FO2/c12-11-3-1-9(2-4-11)10(5-7-13)6-8-14/h1-4,7,10,14H,5-6,8H2/t10-/m1/s1. The van der Waals surface area contributed by atoms with Gasteiger partial charge in [-0.25, -0.2) is 4.39 Å². The van der Waals surface area contributed by atoms with E-state index in [-0.39, 0.29) is 18.3 Å². The summed E-state index contributed by atoms with van der Waals surface area (Å²) in [6.07, 6.45) is 1.72. The Morgan fingerprint density at radius 1 is 1.36 bits per heavy atom. The lowest BCUT2D eigenvalue weighted by atomic mass is 9.93. The fourth-order valence-corrected chi connectivity index (χ4v) is 1.43. The summed E-state index contributed by atoms with van der Waals surface area (Å²) in [6.45, 7) is 0.0376. The Hall–Kier alpha value is -1.22. The van der Waals surface area contributed by atoms with Gasteiger partial charge in [-0.1, -0.05) is 12.1 Å². The lowest BCUT2D eigenvalue weighted by Gasteiger charge is -2.12. The number of aliphatic hydroxyl groups excluding tert-OH is 1. The molecule has 1 aromatic carbocycles. The van der Waals surface area contributed by atoms with Gasteiger partial charge in [-0.15, -0.1) is 0 Å². The van der Waals surface area contributed by atoms with Crippen molar-refractivity contribution < 1.29 is 14.3 Å². The van der Waals surface area contributed by atoms with Crippen molar-refractivity contribution in [1.82, 2.24) is 0 Å². The second kappa shape index (κ2) is 5.50. The predicted molar refractivity (Wildman–Crippen MR) is 51.5 cm³/mol. The van der Waals surface area contributed by atoms with Gasteiger partial charge in [0.15, 0.2) is 0 Å². The maximum atomic E-state index is 12.6. The Morgan fingerprint density at radius 2 is 2.00 bits per heavy atom. The van der Waals surface area contributed by atoms with Crippen molar-refractivity contribution in [3.05, 3.63) is 35.6 Å². The Balaban J connectivity index is 2.76. The Bertz CT molecular complexity index is 282. The third kappa shape index (κ3) is 2.92. The number of aldehydes is 1. The molecular formula is C11H13FO2. The Kier molecular flexibility index (Phi) is 4.26. The van der Waals surface area contributed by atoms with Crippen LogP contribution in [0.3, 0.4) is 0 Å². The first-order valence-corrected chi connectivity index (χ1v) is 4.58. The zero-order chi connectivity index (χ0) is 10.4. The highest BCUT2D eigenvalue weighted by Crippen LogP contribution is 2.22. The molecule has 1 rings (SSSR count). The summed E-state index contributed by atoms with van der Waals surface area (Å²) in [5.41, 5.74) is 0.896. The highest BCUT2D eigenvalue weighted by Gasteiger charge is 2.10. The largest absolute Gasteiger partial charge is 0.396 e. The van der Waals surface area contributed by atoms with Crippen LogP contribution >= 0.6 is 0 Å². The molecule has 2 nitrogen and oxygen atoms in total. The Morgan fingerprint density at radius 3 is 2.50 bits per heavy atom. The number of rotatable bonds is 5. The van der Waals surface area contributed by atoms with Crippen LogP contribution in [-0.4, -0.2) is 18.0 Å². The molecule has 0 spiro atoms. The molecule has 0 fully saturated rings. The van der Waals surface area contributed by atoms with Crippen molar-refractivity contribution in [3.63, 3.8) is 0 Å². The summed E-state index contributed by atoms with van der Waals surface area (Å²) >= 11 is 0. The minimum absolute atomic E-state index is 0.00176. The number of hydrogen-bond donors (Lipinski definition) is 1. The van der Waals surface area contributed by atoms with Crippen LogP contribution in [-0.2, 0) is 4.79 Å². The van der Waals surface area contributed by atoms with E-state index in [0.29, 0.717) is 12.8 Å². The lowest BCUT2D eigenvalue weighted by Crippen LogP contribution is -2.02. The van der Waals surface area contributed by atoms with Crippen LogP contribution in [0.2, 0.25) is 0 Å². The normalized spacial score (nSPS) is 12.4. The van der Waals surface area contributed by atoms with Crippen LogP contribution in [0.25, 0.3) is 0 Å². The summed E-state index contributed by atoms with van der Waals surface area (Å²) in [4.78, 5) is 10.4. The second-order valence-electron chi connectivity index (χ2n) is 3.16. The second-order valence-corrected chi connectivity index (χ2v) is 3.16. The van der Waals surface area contributed by atoms with E-state index < -0.39 is 0 Å². The van der Waals surface area contributed by atoms with Crippen LogP contribution in [0.5, 0.6) is 0 Å². The predicted octanol–water partition coefficient (Wildman–Crippen LogP) is 1.88. The first-order valence-electron chi connectivity index (χ1n) is 4.58.